The van der Waals surface area contributed by atoms with Crippen molar-refractivity contribution in [1.29, 1.82) is 0 Å². The summed E-state index contributed by atoms with van der Waals surface area (Å²) in [6, 6.07) is 0. The van der Waals surface area contributed by atoms with Gasteiger partial charge in [-0.15, -0.1) is 0 Å². The van der Waals surface area contributed by atoms with Gasteiger partial charge >= 0.3 is 0 Å². The lowest BCUT2D eigenvalue weighted by Crippen LogP contribution is -2.31. The van der Waals surface area contributed by atoms with E-state index in [-0.39, 0.29) is 5.60 Å². The van der Waals surface area contributed by atoms with Crippen LogP contribution in [0, 0.1) is 0 Å². The second kappa shape index (κ2) is 6.49. The van der Waals surface area contributed by atoms with Crippen LogP contribution in [0.5, 0.6) is 0 Å². The number of hydrogen-bond acceptors (Lipinski definition) is 2. The highest BCUT2D eigenvalue weighted by Gasteiger charge is 2.23. The van der Waals surface area contributed by atoms with Crippen molar-refractivity contribution < 1.29 is 9.84 Å². The minimum Gasteiger partial charge on any atom is -0.390 e. The lowest BCUT2D eigenvalue weighted by atomic mass is 9.96. The molecule has 1 atom stereocenters. The van der Waals surface area contributed by atoms with Gasteiger partial charge in [0.15, 0.2) is 0 Å². The van der Waals surface area contributed by atoms with Crippen molar-refractivity contribution in [3.63, 3.8) is 0 Å². The molecule has 0 radical (unpaired) electrons. The first-order chi connectivity index (χ1) is 6.89. The van der Waals surface area contributed by atoms with Crippen molar-refractivity contribution in [2.24, 2.45) is 0 Å². The quantitative estimate of drug-likeness (QED) is 0.672. The third-order valence-corrected chi connectivity index (χ3v) is 3.38. The van der Waals surface area contributed by atoms with E-state index in [9.17, 15) is 5.11 Å². The van der Waals surface area contributed by atoms with Crippen molar-refractivity contribution in [2.75, 3.05) is 6.61 Å². The van der Waals surface area contributed by atoms with E-state index >= 15 is 0 Å². The lowest BCUT2D eigenvalue weighted by molar-refractivity contribution is -0.0657. The molecule has 0 saturated heterocycles. The molecule has 2 heteroatoms. The molecule has 0 aliphatic rings. The van der Waals surface area contributed by atoms with Gasteiger partial charge in [-0.1, -0.05) is 27.2 Å². The molecule has 0 amide bonds. The summed E-state index contributed by atoms with van der Waals surface area (Å²) in [6.07, 6.45) is 4.66. The van der Waals surface area contributed by atoms with Crippen molar-refractivity contribution in [3.05, 3.63) is 0 Å². The summed E-state index contributed by atoms with van der Waals surface area (Å²) in [5.41, 5.74) is -0.570. The number of hydrogen-bond donors (Lipinski definition) is 1. The molecule has 0 aromatic rings. The van der Waals surface area contributed by atoms with E-state index in [2.05, 4.69) is 27.7 Å². The van der Waals surface area contributed by atoms with E-state index < -0.39 is 5.60 Å². The fraction of sp³-hybridized carbons (Fsp3) is 1.00. The van der Waals surface area contributed by atoms with Gasteiger partial charge in [-0.2, -0.15) is 0 Å². The van der Waals surface area contributed by atoms with Crippen LogP contribution in [-0.2, 0) is 4.74 Å². The van der Waals surface area contributed by atoms with Gasteiger partial charge in [-0.25, -0.2) is 0 Å². The van der Waals surface area contributed by atoms with E-state index in [0.717, 1.165) is 32.1 Å². The molecule has 0 aromatic carbocycles. The molecule has 1 N–H and O–H groups in total. The molecule has 0 saturated carbocycles. The lowest BCUT2D eigenvalue weighted by Gasteiger charge is -2.30. The Morgan fingerprint density at radius 2 is 1.53 bits per heavy atom. The SMILES string of the molecule is CCCC(C)(O)CCOC(C)(CC)CC. The molecule has 0 rings (SSSR count). The van der Waals surface area contributed by atoms with E-state index in [0.29, 0.717) is 6.61 Å². The number of ether oxygens (including phenoxy) is 1. The Kier molecular flexibility index (Phi) is 6.46. The van der Waals surface area contributed by atoms with E-state index in [4.69, 9.17) is 4.74 Å². The third-order valence-electron chi connectivity index (χ3n) is 3.38. The summed E-state index contributed by atoms with van der Waals surface area (Å²) in [7, 11) is 0. The average Bonchev–Trinajstić information content (AvgIpc) is 2.17. The smallest absolute Gasteiger partial charge is 0.0649 e. The Hall–Kier alpha value is -0.0800. The highest BCUT2D eigenvalue weighted by molar-refractivity contribution is 4.74. The molecule has 0 aliphatic carbocycles. The molecule has 0 spiro atoms. The molecular formula is C13H28O2. The Morgan fingerprint density at radius 1 is 1.00 bits per heavy atom. The minimum absolute atomic E-state index is 0.0116. The minimum atomic E-state index is -0.558. The van der Waals surface area contributed by atoms with Crippen LogP contribution in [-0.4, -0.2) is 22.9 Å². The Morgan fingerprint density at radius 3 is 1.93 bits per heavy atom. The predicted octanol–water partition coefficient (Wildman–Crippen LogP) is 3.52. The molecule has 2 nitrogen and oxygen atoms in total. The van der Waals surface area contributed by atoms with Crippen molar-refractivity contribution >= 4 is 0 Å². The van der Waals surface area contributed by atoms with Gasteiger partial charge in [-0.05, 0) is 39.5 Å². The van der Waals surface area contributed by atoms with Crippen LogP contribution in [0.4, 0.5) is 0 Å². The molecule has 0 aromatic heterocycles. The predicted molar refractivity (Wildman–Crippen MR) is 65.1 cm³/mol. The van der Waals surface area contributed by atoms with Crippen LogP contribution in [0.3, 0.4) is 0 Å². The standard InChI is InChI=1S/C13H28O2/c1-6-9-12(4,14)10-11-15-13(5,7-2)8-3/h14H,6-11H2,1-5H3. The zero-order valence-electron chi connectivity index (χ0n) is 11.1. The Labute approximate surface area is 95.0 Å². The van der Waals surface area contributed by atoms with Gasteiger partial charge in [0.1, 0.15) is 0 Å². The molecule has 0 fully saturated rings. The normalized spacial score (nSPS) is 16.4. The van der Waals surface area contributed by atoms with Crippen molar-refractivity contribution in [1.82, 2.24) is 0 Å². The summed E-state index contributed by atoms with van der Waals surface area (Å²) in [4.78, 5) is 0. The molecule has 1 unspecified atom stereocenters. The average molecular weight is 216 g/mol. The van der Waals surface area contributed by atoms with Gasteiger partial charge in [0.2, 0.25) is 0 Å². The van der Waals surface area contributed by atoms with Crippen LogP contribution in [0.1, 0.15) is 66.7 Å². The third kappa shape index (κ3) is 6.16. The largest absolute Gasteiger partial charge is 0.390 e. The van der Waals surface area contributed by atoms with Gasteiger partial charge in [0.05, 0.1) is 17.8 Å². The van der Waals surface area contributed by atoms with Crippen LogP contribution in [0.2, 0.25) is 0 Å². The summed E-state index contributed by atoms with van der Waals surface area (Å²) >= 11 is 0. The first-order valence-electron chi connectivity index (χ1n) is 6.25. The first kappa shape index (κ1) is 14.9. The fourth-order valence-corrected chi connectivity index (χ4v) is 1.64. The first-order valence-corrected chi connectivity index (χ1v) is 6.25. The Bertz CT molecular complexity index is 160. The van der Waals surface area contributed by atoms with Crippen LogP contribution in [0.25, 0.3) is 0 Å². The monoisotopic (exact) mass is 216 g/mol. The van der Waals surface area contributed by atoms with E-state index in [1.807, 2.05) is 6.92 Å². The highest BCUT2D eigenvalue weighted by Crippen LogP contribution is 2.22. The van der Waals surface area contributed by atoms with Crippen LogP contribution >= 0.6 is 0 Å². The summed E-state index contributed by atoms with van der Waals surface area (Å²) in [5.74, 6) is 0. The molecule has 92 valence electrons. The van der Waals surface area contributed by atoms with E-state index in [1.165, 1.54) is 0 Å². The molecule has 0 aliphatic heterocycles. The van der Waals surface area contributed by atoms with Gasteiger partial charge in [0.25, 0.3) is 0 Å². The van der Waals surface area contributed by atoms with E-state index in [1.54, 1.807) is 0 Å². The second-order valence-corrected chi connectivity index (χ2v) is 5.00. The summed E-state index contributed by atoms with van der Waals surface area (Å²) in [6.45, 7) is 11.1. The topological polar surface area (TPSA) is 29.5 Å². The zero-order chi connectivity index (χ0) is 11.9. The number of aliphatic hydroxyl groups is 1. The van der Waals surface area contributed by atoms with Gasteiger partial charge < -0.3 is 9.84 Å². The number of rotatable bonds is 8. The fourth-order valence-electron chi connectivity index (χ4n) is 1.64. The Balaban J connectivity index is 3.87. The zero-order valence-corrected chi connectivity index (χ0v) is 11.1. The molecule has 15 heavy (non-hydrogen) atoms. The summed E-state index contributed by atoms with van der Waals surface area (Å²) in [5, 5.41) is 9.98. The van der Waals surface area contributed by atoms with Crippen LogP contribution < -0.4 is 0 Å². The maximum atomic E-state index is 9.98. The second-order valence-electron chi connectivity index (χ2n) is 5.00. The molecule has 0 heterocycles. The van der Waals surface area contributed by atoms with Crippen molar-refractivity contribution in [3.8, 4) is 0 Å². The van der Waals surface area contributed by atoms with Gasteiger partial charge in [0, 0.05) is 0 Å². The molecule has 0 bridgehead atoms. The van der Waals surface area contributed by atoms with Crippen molar-refractivity contribution in [2.45, 2.75) is 77.9 Å². The highest BCUT2D eigenvalue weighted by atomic mass is 16.5. The summed E-state index contributed by atoms with van der Waals surface area (Å²) < 4.78 is 5.85. The maximum absolute atomic E-state index is 9.98. The van der Waals surface area contributed by atoms with Crippen LogP contribution in [0.15, 0.2) is 0 Å². The van der Waals surface area contributed by atoms with Gasteiger partial charge in [-0.3, -0.25) is 0 Å². The molecular weight excluding hydrogens is 188 g/mol. The maximum Gasteiger partial charge on any atom is 0.0649 e.